The molecule has 1 atom stereocenters. The van der Waals surface area contributed by atoms with Gasteiger partial charge in [0.15, 0.2) is 0 Å². The topological polar surface area (TPSA) is 51.2 Å². The maximum absolute atomic E-state index is 10.1. The quantitative estimate of drug-likeness (QED) is 0.867. The minimum absolute atomic E-state index is 0.441. The lowest BCUT2D eigenvalue weighted by Gasteiger charge is -2.12. The van der Waals surface area contributed by atoms with E-state index in [2.05, 4.69) is 18.9 Å². The normalized spacial score (nSPS) is 13.1. The number of nitrogens with zero attached hydrogens (tertiary/aromatic N) is 2. The first-order chi connectivity index (χ1) is 9.13. The van der Waals surface area contributed by atoms with Crippen molar-refractivity contribution in [1.29, 1.82) is 0 Å². The SMILES string of the molecule is CCC(CC)n1ccc(CC(O)c2ccc(C)o2)n1. The molecule has 19 heavy (non-hydrogen) atoms. The Morgan fingerprint density at radius 2 is 2.00 bits per heavy atom. The first-order valence-corrected chi connectivity index (χ1v) is 6.92. The van der Waals surface area contributed by atoms with Crippen molar-refractivity contribution in [3.63, 3.8) is 0 Å². The van der Waals surface area contributed by atoms with Crippen molar-refractivity contribution in [3.8, 4) is 0 Å². The molecule has 0 aromatic carbocycles. The van der Waals surface area contributed by atoms with Gasteiger partial charge in [0.1, 0.15) is 17.6 Å². The number of aromatic nitrogens is 2. The Morgan fingerprint density at radius 3 is 2.58 bits per heavy atom. The van der Waals surface area contributed by atoms with Gasteiger partial charge in [0, 0.05) is 12.6 Å². The van der Waals surface area contributed by atoms with Crippen LogP contribution < -0.4 is 0 Å². The summed E-state index contributed by atoms with van der Waals surface area (Å²) in [6.45, 7) is 6.20. The van der Waals surface area contributed by atoms with Crippen molar-refractivity contribution in [2.24, 2.45) is 0 Å². The third kappa shape index (κ3) is 3.26. The number of rotatable bonds is 6. The van der Waals surface area contributed by atoms with Crippen molar-refractivity contribution in [3.05, 3.63) is 41.6 Å². The van der Waals surface area contributed by atoms with Crippen LogP contribution in [0.2, 0.25) is 0 Å². The van der Waals surface area contributed by atoms with Crippen LogP contribution in [0.1, 0.15) is 56.0 Å². The van der Waals surface area contributed by atoms with E-state index in [0.717, 1.165) is 24.3 Å². The Balaban J connectivity index is 2.03. The summed E-state index contributed by atoms with van der Waals surface area (Å²) in [4.78, 5) is 0. The lowest BCUT2D eigenvalue weighted by Crippen LogP contribution is -2.09. The van der Waals surface area contributed by atoms with Crippen LogP contribution in [-0.2, 0) is 6.42 Å². The fourth-order valence-electron chi connectivity index (χ4n) is 2.28. The molecule has 0 aliphatic rings. The molecule has 2 heterocycles. The minimum atomic E-state index is -0.626. The summed E-state index contributed by atoms with van der Waals surface area (Å²) >= 11 is 0. The summed E-state index contributed by atoms with van der Waals surface area (Å²) in [6.07, 6.45) is 3.99. The van der Waals surface area contributed by atoms with Crippen LogP contribution in [0, 0.1) is 6.92 Å². The van der Waals surface area contributed by atoms with E-state index >= 15 is 0 Å². The Bertz CT molecular complexity index is 512. The smallest absolute Gasteiger partial charge is 0.133 e. The molecule has 0 bridgehead atoms. The number of hydrogen-bond donors (Lipinski definition) is 1. The Hall–Kier alpha value is -1.55. The second kappa shape index (κ2) is 6.06. The van der Waals surface area contributed by atoms with Gasteiger partial charge in [0.25, 0.3) is 0 Å². The second-order valence-corrected chi connectivity index (χ2v) is 4.93. The van der Waals surface area contributed by atoms with Gasteiger partial charge in [-0.05, 0) is 38.0 Å². The van der Waals surface area contributed by atoms with Crippen LogP contribution in [0.3, 0.4) is 0 Å². The van der Waals surface area contributed by atoms with Gasteiger partial charge in [0.2, 0.25) is 0 Å². The van der Waals surface area contributed by atoms with Gasteiger partial charge in [-0.15, -0.1) is 0 Å². The van der Waals surface area contributed by atoms with Crippen molar-refractivity contribution in [1.82, 2.24) is 9.78 Å². The molecule has 0 aliphatic heterocycles. The van der Waals surface area contributed by atoms with Crippen molar-refractivity contribution >= 4 is 0 Å². The minimum Gasteiger partial charge on any atom is -0.464 e. The summed E-state index contributed by atoms with van der Waals surface area (Å²) in [5, 5.41) is 14.6. The molecule has 0 saturated carbocycles. The van der Waals surface area contributed by atoms with Crippen LogP contribution in [0.15, 0.2) is 28.8 Å². The predicted molar refractivity (Wildman–Crippen MR) is 74.0 cm³/mol. The zero-order valence-electron chi connectivity index (χ0n) is 11.8. The van der Waals surface area contributed by atoms with Crippen LogP contribution in [-0.4, -0.2) is 14.9 Å². The number of hydrogen-bond acceptors (Lipinski definition) is 3. The van der Waals surface area contributed by atoms with Gasteiger partial charge in [-0.25, -0.2) is 0 Å². The maximum Gasteiger partial charge on any atom is 0.133 e. The van der Waals surface area contributed by atoms with Gasteiger partial charge >= 0.3 is 0 Å². The van der Waals surface area contributed by atoms with E-state index in [1.54, 1.807) is 0 Å². The number of furan rings is 1. The highest BCUT2D eigenvalue weighted by Gasteiger charge is 2.15. The highest BCUT2D eigenvalue weighted by atomic mass is 16.4. The largest absolute Gasteiger partial charge is 0.464 e. The standard InChI is InChI=1S/C15H22N2O2/c1-4-13(5-2)17-9-8-12(16-17)10-14(18)15-7-6-11(3)19-15/h6-9,13-14,18H,4-5,10H2,1-3H3. The molecule has 1 N–H and O–H groups in total. The second-order valence-electron chi connectivity index (χ2n) is 4.93. The predicted octanol–water partition coefficient (Wildman–Crippen LogP) is 3.42. The van der Waals surface area contributed by atoms with Gasteiger partial charge in [-0.3, -0.25) is 4.68 Å². The highest BCUT2D eigenvalue weighted by Crippen LogP contribution is 2.21. The van der Waals surface area contributed by atoms with Crippen molar-refractivity contribution in [2.45, 2.75) is 52.2 Å². The average Bonchev–Trinajstić information content (AvgIpc) is 3.00. The van der Waals surface area contributed by atoms with Crippen LogP contribution in [0.25, 0.3) is 0 Å². The Kier molecular flexibility index (Phi) is 4.43. The fraction of sp³-hybridized carbons (Fsp3) is 0.533. The molecule has 0 amide bonds. The molecule has 0 radical (unpaired) electrons. The summed E-state index contributed by atoms with van der Waals surface area (Å²) in [6, 6.07) is 6.09. The van der Waals surface area contributed by atoms with E-state index in [4.69, 9.17) is 4.42 Å². The molecule has 4 heteroatoms. The lowest BCUT2D eigenvalue weighted by molar-refractivity contribution is 0.147. The average molecular weight is 262 g/mol. The molecule has 2 rings (SSSR count). The molecule has 1 unspecified atom stereocenters. The molecule has 104 valence electrons. The molecular formula is C15H22N2O2. The monoisotopic (exact) mass is 262 g/mol. The Morgan fingerprint density at radius 1 is 1.26 bits per heavy atom. The third-order valence-electron chi connectivity index (χ3n) is 3.47. The van der Waals surface area contributed by atoms with Gasteiger partial charge in [-0.1, -0.05) is 13.8 Å². The van der Waals surface area contributed by atoms with E-state index in [9.17, 15) is 5.11 Å². The molecular weight excluding hydrogens is 240 g/mol. The van der Waals surface area contributed by atoms with Crippen molar-refractivity contribution in [2.75, 3.05) is 0 Å². The molecule has 2 aromatic heterocycles. The van der Waals surface area contributed by atoms with Crippen LogP contribution in [0.4, 0.5) is 0 Å². The van der Waals surface area contributed by atoms with E-state index in [0.29, 0.717) is 18.2 Å². The first kappa shape index (κ1) is 13.9. The maximum atomic E-state index is 10.1. The fourth-order valence-corrected chi connectivity index (χ4v) is 2.28. The summed E-state index contributed by atoms with van der Waals surface area (Å²) in [5.74, 6) is 1.42. The zero-order chi connectivity index (χ0) is 13.8. The van der Waals surface area contributed by atoms with Gasteiger partial charge in [-0.2, -0.15) is 5.10 Å². The Labute approximate surface area is 114 Å². The summed E-state index contributed by atoms with van der Waals surface area (Å²) in [7, 11) is 0. The first-order valence-electron chi connectivity index (χ1n) is 6.92. The molecule has 0 aliphatic carbocycles. The van der Waals surface area contributed by atoms with Crippen LogP contribution >= 0.6 is 0 Å². The number of aliphatic hydroxyl groups excluding tert-OH is 1. The number of aliphatic hydroxyl groups is 1. The van der Waals surface area contributed by atoms with Gasteiger partial charge < -0.3 is 9.52 Å². The highest BCUT2D eigenvalue weighted by molar-refractivity contribution is 5.11. The van der Waals surface area contributed by atoms with E-state index in [1.807, 2.05) is 36.0 Å². The molecule has 0 saturated heterocycles. The molecule has 0 spiro atoms. The zero-order valence-corrected chi connectivity index (χ0v) is 11.8. The van der Waals surface area contributed by atoms with E-state index in [-0.39, 0.29) is 0 Å². The molecule has 4 nitrogen and oxygen atoms in total. The van der Waals surface area contributed by atoms with Crippen molar-refractivity contribution < 1.29 is 9.52 Å². The summed E-state index contributed by atoms with van der Waals surface area (Å²) in [5.41, 5.74) is 0.897. The van der Waals surface area contributed by atoms with Gasteiger partial charge in [0.05, 0.1) is 11.7 Å². The molecule has 2 aromatic rings. The van der Waals surface area contributed by atoms with E-state index < -0.39 is 6.10 Å². The third-order valence-corrected chi connectivity index (χ3v) is 3.47. The van der Waals surface area contributed by atoms with Crippen LogP contribution in [0.5, 0.6) is 0 Å². The van der Waals surface area contributed by atoms with E-state index in [1.165, 1.54) is 0 Å². The summed E-state index contributed by atoms with van der Waals surface area (Å²) < 4.78 is 7.42. The lowest BCUT2D eigenvalue weighted by atomic mass is 10.1. The molecule has 0 fully saturated rings. The number of aryl methyl sites for hydroxylation is 1.